The zero-order valence-corrected chi connectivity index (χ0v) is 58.2. The molecule has 1 aromatic heterocycles. The summed E-state index contributed by atoms with van der Waals surface area (Å²) in [6, 6.07) is 16.0. The molecular weight excluding hydrogens is 1270 g/mol. The van der Waals surface area contributed by atoms with Crippen LogP contribution in [0.5, 0.6) is 5.75 Å². The predicted octanol–water partition coefficient (Wildman–Crippen LogP) is 5.35. The molecule has 1 saturated heterocycles. The van der Waals surface area contributed by atoms with E-state index in [-0.39, 0.29) is 50.7 Å². The first kappa shape index (κ1) is 71.6. The van der Waals surface area contributed by atoms with Gasteiger partial charge in [0.25, 0.3) is 11.8 Å². The maximum Gasteiger partial charge on any atom is 0.344 e. The molecule has 532 valence electrons. The summed E-state index contributed by atoms with van der Waals surface area (Å²) in [5.74, 6) is -4.02. The van der Waals surface area contributed by atoms with Crippen LogP contribution in [0.3, 0.4) is 0 Å². The van der Waals surface area contributed by atoms with E-state index >= 15 is 4.79 Å². The van der Waals surface area contributed by atoms with E-state index in [1.807, 2.05) is 86.5 Å². The molecule has 2 aliphatic carbocycles. The van der Waals surface area contributed by atoms with Crippen LogP contribution < -0.4 is 36.6 Å². The number of aromatic amines is 1. The Morgan fingerprint density at radius 1 is 0.808 bits per heavy atom. The minimum absolute atomic E-state index is 0.112. The summed E-state index contributed by atoms with van der Waals surface area (Å²) in [6.07, 6.45) is 11.0. The van der Waals surface area contributed by atoms with Crippen LogP contribution in [0, 0.1) is 10.8 Å². The number of likely N-dealkylation sites (N-methyl/N-ethyl adjacent to an activating group) is 2. The number of rotatable bonds is 24. The molecule has 0 radical (unpaired) electrons. The van der Waals surface area contributed by atoms with Gasteiger partial charge < -0.3 is 70.5 Å². The maximum absolute atomic E-state index is 15.9. The number of unbranched alkanes of at least 4 members (excludes halogenated alkanes) is 2. The molecule has 2 saturated carbocycles. The number of nitrogens with zero attached hydrogens (tertiary/aromatic N) is 4. The SMILES string of the molecule is CC[C@]1(O)CCC[C@](C(=O)OC)(c2cc3c(cc2OC)N(C)[C@H]2[C@@](O)(C(=O)OC)[C@H](OC(C)=O)[C@]4(CC)C=CCN5CC[C@]32[C@@H]54)c2[nH]c3ccccc3c2CC[N+](C)(Cc2ccc(NC(=O)[C@H](CCCNC(N)=O)NC(=O)C3(C(=O)NCCCCCN4C(=O)C=CC4=O)CCC3)cc2)C1. The lowest BCUT2D eigenvalue weighted by Crippen LogP contribution is -2.81. The number of hydrogen-bond acceptors (Lipinski definition) is 17. The molecule has 0 bridgehead atoms. The van der Waals surface area contributed by atoms with Gasteiger partial charge in [-0.1, -0.05) is 62.8 Å². The number of carbonyl (C=O) groups excluding carboxylic acids is 9. The molecule has 3 fully saturated rings. The van der Waals surface area contributed by atoms with Crippen molar-refractivity contribution in [1.82, 2.24) is 30.7 Å². The molecule has 11 rings (SSSR count). The Kier molecular flexibility index (Phi) is 20.4. The molecule has 99 heavy (non-hydrogen) atoms. The second kappa shape index (κ2) is 28.2. The highest BCUT2D eigenvalue weighted by Gasteiger charge is 2.80. The van der Waals surface area contributed by atoms with Crippen molar-refractivity contribution in [1.29, 1.82) is 0 Å². The zero-order chi connectivity index (χ0) is 71.0. The molecule has 1 unspecified atom stereocenters. The lowest BCUT2D eigenvalue weighted by molar-refractivity contribution is -0.928. The fraction of sp³-hybridized carbons (Fsp3) is 0.554. The second-order valence-electron chi connectivity index (χ2n) is 28.8. The van der Waals surface area contributed by atoms with Crippen molar-refractivity contribution in [3.8, 4) is 5.75 Å². The summed E-state index contributed by atoms with van der Waals surface area (Å²) in [6.45, 7) is 8.34. The van der Waals surface area contributed by atoms with Crippen molar-refractivity contribution >= 4 is 75.8 Å². The number of imide groups is 1. The molecule has 25 nitrogen and oxygen atoms in total. The highest BCUT2D eigenvalue weighted by molar-refractivity contribution is 6.13. The highest BCUT2D eigenvalue weighted by atomic mass is 16.6. The number of carbonyl (C=O) groups is 9. The number of amides is 7. The Morgan fingerprint density at radius 3 is 2.17 bits per heavy atom. The maximum atomic E-state index is 15.9. The number of fused-ring (bicyclic) bond motifs is 4. The van der Waals surface area contributed by atoms with E-state index in [4.69, 9.17) is 24.7 Å². The van der Waals surface area contributed by atoms with Crippen molar-refractivity contribution in [2.24, 2.45) is 16.6 Å². The van der Waals surface area contributed by atoms with E-state index in [9.17, 15) is 48.6 Å². The van der Waals surface area contributed by atoms with Crippen LogP contribution in [0.1, 0.15) is 139 Å². The van der Waals surface area contributed by atoms with Crippen LogP contribution >= 0.6 is 0 Å². The molecule has 5 aliphatic heterocycles. The van der Waals surface area contributed by atoms with Gasteiger partial charge in [0.1, 0.15) is 41.3 Å². The van der Waals surface area contributed by atoms with Gasteiger partial charge in [0.2, 0.25) is 23.3 Å². The number of nitrogens with two attached hydrogens (primary N) is 1. The fourth-order valence-corrected chi connectivity index (χ4v) is 18.3. The van der Waals surface area contributed by atoms with E-state index in [0.717, 1.165) is 27.6 Å². The predicted molar refractivity (Wildman–Crippen MR) is 368 cm³/mol. The Balaban J connectivity index is 0.886. The van der Waals surface area contributed by atoms with Gasteiger partial charge in [0, 0.05) is 121 Å². The van der Waals surface area contributed by atoms with Crippen LogP contribution in [0.15, 0.2) is 85.0 Å². The number of aliphatic hydroxyl groups is 2. The molecule has 3 aromatic carbocycles. The minimum atomic E-state index is -2.40. The second-order valence-corrected chi connectivity index (χ2v) is 28.8. The molecule has 10 atom stereocenters. The number of nitrogens with one attached hydrogen (secondary N) is 5. The number of benzene rings is 3. The summed E-state index contributed by atoms with van der Waals surface area (Å²) in [5, 5.41) is 38.8. The first-order valence-electron chi connectivity index (χ1n) is 34.9. The Morgan fingerprint density at radius 2 is 1.52 bits per heavy atom. The summed E-state index contributed by atoms with van der Waals surface area (Å²) in [4.78, 5) is 131. The van der Waals surface area contributed by atoms with Crippen LogP contribution in [-0.2, 0) is 76.4 Å². The number of ether oxygens (including phenoxy) is 4. The van der Waals surface area contributed by atoms with Gasteiger partial charge >= 0.3 is 23.9 Å². The number of anilines is 2. The number of methoxy groups -OCH3 is 3. The quantitative estimate of drug-likeness (QED) is 0.00834. The van der Waals surface area contributed by atoms with Gasteiger partial charge in [-0.2, -0.15) is 0 Å². The number of urea groups is 1. The van der Waals surface area contributed by atoms with Crippen molar-refractivity contribution in [2.75, 3.05) is 91.5 Å². The molecule has 7 amide bonds. The minimum Gasteiger partial charge on any atom is -0.496 e. The number of hydrogen-bond donors (Lipinski definition) is 8. The first-order chi connectivity index (χ1) is 47.3. The summed E-state index contributed by atoms with van der Waals surface area (Å²) in [7, 11) is 8.12. The van der Waals surface area contributed by atoms with Crippen molar-refractivity contribution in [2.45, 2.75) is 170 Å². The number of primary amides is 1. The van der Waals surface area contributed by atoms with E-state index < -0.39 is 98.8 Å². The number of H-pyrrole nitrogens is 1. The summed E-state index contributed by atoms with van der Waals surface area (Å²) >= 11 is 0. The molecule has 25 heteroatoms. The van der Waals surface area contributed by atoms with Gasteiger partial charge in [-0.05, 0) is 125 Å². The lowest BCUT2D eigenvalue weighted by atomic mass is 9.47. The molecule has 1 spiro atoms. The normalized spacial score (nSPS) is 28.4. The molecule has 9 N–H and O–H groups in total. The average molecular weight is 1370 g/mol. The number of esters is 3. The highest BCUT2D eigenvalue weighted by Crippen LogP contribution is 2.68. The van der Waals surface area contributed by atoms with Crippen LogP contribution in [0.4, 0.5) is 16.2 Å². The standard InChI is InChI=1S/C74H96N10O15/c1-9-69(94)30-17-34-72(66(91)97-7,52-42-51-55(43-56(52)96-6)81(4)62-73(51)35-40-82-38-19-33-70(10-2,61(73)82)63(99-46(3)85)74(62,95)67(92)98-8)59-50(49-20-12-13-21-53(49)79-59)29-41-84(5,45-69)44-47-23-25-48(26-24-47)78-60(88)54(22-16-37-77-68(75)93)80-65(90)71(31-18-32-71)64(89)76-36-14-11-15-39-83-57(86)27-28-58(83)87/h12-13,19-21,23-28,33,42-43,54,61-63,79,94-95H,9-11,14-18,22,29-32,34-41,44-45H2,1-8H3,(H5-,75,76,77,78,80,88,89,90,93)/p+1/t54-,61-,62+,63+,69-,70+,72-,73+,74-,84?/m0/s1. The van der Waals surface area contributed by atoms with Gasteiger partial charge in [-0.3, -0.25) is 43.4 Å². The van der Waals surface area contributed by atoms with Gasteiger partial charge in [-0.25, -0.2) is 9.59 Å². The van der Waals surface area contributed by atoms with E-state index in [2.05, 4.69) is 38.2 Å². The van der Waals surface area contributed by atoms with Crippen LogP contribution in [0.25, 0.3) is 10.9 Å². The van der Waals surface area contributed by atoms with E-state index in [1.165, 1.54) is 38.2 Å². The van der Waals surface area contributed by atoms with Gasteiger partial charge in [0.15, 0.2) is 6.10 Å². The van der Waals surface area contributed by atoms with Crippen molar-refractivity contribution in [3.05, 3.63) is 113 Å². The number of quaternary nitrogens is 1. The van der Waals surface area contributed by atoms with Gasteiger partial charge in [-0.15, -0.1) is 0 Å². The summed E-state index contributed by atoms with van der Waals surface area (Å²) in [5.41, 5.74) is 2.21. The molecular formula is C74H97N10O15+. The third kappa shape index (κ3) is 12.5. The van der Waals surface area contributed by atoms with E-state index in [0.29, 0.717) is 143 Å². The third-order valence-corrected chi connectivity index (χ3v) is 23.1. The number of para-hydroxylation sites is 1. The smallest absolute Gasteiger partial charge is 0.344 e. The van der Waals surface area contributed by atoms with Crippen molar-refractivity contribution < 1.29 is 76.8 Å². The fourth-order valence-electron chi connectivity index (χ4n) is 18.3. The topological polar surface area (TPSA) is 331 Å². The van der Waals surface area contributed by atoms with Crippen LogP contribution in [-0.4, -0.2) is 200 Å². The Hall–Kier alpha value is -8.65. The largest absolute Gasteiger partial charge is 0.496 e. The molecule has 7 aliphatic rings. The van der Waals surface area contributed by atoms with Crippen LogP contribution in [0.2, 0.25) is 0 Å². The van der Waals surface area contributed by atoms with E-state index in [1.54, 1.807) is 19.2 Å². The lowest BCUT2D eigenvalue weighted by Gasteiger charge is -2.63. The zero-order valence-electron chi connectivity index (χ0n) is 58.2. The average Bonchev–Trinajstić information content (AvgIpc) is 1.50. The molecule has 4 aromatic rings. The van der Waals surface area contributed by atoms with Crippen molar-refractivity contribution in [3.63, 3.8) is 0 Å². The van der Waals surface area contributed by atoms with Gasteiger partial charge in [0.05, 0.1) is 41.0 Å². The molecule has 6 heterocycles. The Labute approximate surface area is 577 Å². The summed E-state index contributed by atoms with van der Waals surface area (Å²) < 4.78 is 24.7. The Bertz CT molecular complexity index is 3870. The third-order valence-electron chi connectivity index (χ3n) is 23.1. The monoisotopic (exact) mass is 1370 g/mol. The first-order valence-corrected chi connectivity index (χ1v) is 34.9. The number of aromatic nitrogens is 1.